The zero-order valence-corrected chi connectivity index (χ0v) is 11.6. The van der Waals surface area contributed by atoms with E-state index in [1.165, 1.54) is 0 Å². The average molecular weight is 274 g/mol. The minimum absolute atomic E-state index is 0.0845. The maximum absolute atomic E-state index is 11.8. The van der Waals surface area contributed by atoms with Gasteiger partial charge in [0, 0.05) is 11.6 Å². The Kier molecular flexibility index (Phi) is 4.53. The van der Waals surface area contributed by atoms with E-state index in [1.807, 2.05) is 30.3 Å². The molecule has 1 amide bonds. The van der Waals surface area contributed by atoms with Gasteiger partial charge in [-0.3, -0.25) is 4.79 Å². The third-order valence-electron chi connectivity index (χ3n) is 2.92. The summed E-state index contributed by atoms with van der Waals surface area (Å²) in [7, 11) is 0. The minimum Gasteiger partial charge on any atom is -0.441 e. The number of rotatable bonds is 5. The van der Waals surface area contributed by atoms with Gasteiger partial charge in [0.25, 0.3) is 0 Å². The van der Waals surface area contributed by atoms with Crippen LogP contribution in [-0.4, -0.2) is 28.6 Å². The van der Waals surface area contributed by atoms with Crippen molar-refractivity contribution in [2.75, 3.05) is 6.61 Å². The number of oxazole rings is 1. The van der Waals surface area contributed by atoms with Crippen molar-refractivity contribution < 1.29 is 14.3 Å². The molecule has 20 heavy (non-hydrogen) atoms. The van der Waals surface area contributed by atoms with Crippen molar-refractivity contribution in [2.24, 2.45) is 0 Å². The van der Waals surface area contributed by atoms with E-state index in [4.69, 9.17) is 9.52 Å². The summed E-state index contributed by atoms with van der Waals surface area (Å²) < 4.78 is 5.59. The van der Waals surface area contributed by atoms with Crippen molar-refractivity contribution in [2.45, 2.75) is 26.3 Å². The van der Waals surface area contributed by atoms with Crippen molar-refractivity contribution in [3.8, 4) is 11.5 Å². The molecule has 2 aromatic rings. The number of aliphatic hydroxyl groups is 1. The Hall–Kier alpha value is -2.14. The summed E-state index contributed by atoms with van der Waals surface area (Å²) in [6, 6.07) is 9.29. The normalized spacial score (nSPS) is 12.2. The van der Waals surface area contributed by atoms with Crippen molar-refractivity contribution in [3.63, 3.8) is 0 Å². The monoisotopic (exact) mass is 274 g/mol. The van der Waals surface area contributed by atoms with Crippen LogP contribution in [0.15, 0.2) is 34.7 Å². The molecule has 0 saturated heterocycles. The molecule has 2 N–H and O–H groups in total. The van der Waals surface area contributed by atoms with Gasteiger partial charge in [-0.2, -0.15) is 0 Å². The second-order valence-corrected chi connectivity index (χ2v) is 4.72. The molecule has 0 saturated carbocycles. The molecule has 0 aliphatic heterocycles. The number of aromatic nitrogens is 1. The Morgan fingerprint density at radius 3 is 2.75 bits per heavy atom. The standard InChI is InChI=1S/C15H18N2O3/c1-10(9-18)16-14(19)8-13-11(2)20-15(17-13)12-6-4-3-5-7-12/h3-7,10,18H,8-9H2,1-2H3,(H,16,19). The number of hydrogen-bond acceptors (Lipinski definition) is 4. The number of carbonyl (C=O) groups excluding carboxylic acids is 1. The average Bonchev–Trinajstić information content (AvgIpc) is 2.81. The van der Waals surface area contributed by atoms with Gasteiger partial charge in [0.1, 0.15) is 5.76 Å². The Labute approximate surface area is 117 Å². The molecule has 0 aliphatic carbocycles. The van der Waals surface area contributed by atoms with Crippen molar-refractivity contribution >= 4 is 5.91 Å². The van der Waals surface area contributed by atoms with E-state index in [-0.39, 0.29) is 25.0 Å². The number of amides is 1. The fraction of sp³-hybridized carbons (Fsp3) is 0.333. The van der Waals surface area contributed by atoms with E-state index in [1.54, 1.807) is 13.8 Å². The number of nitrogens with one attached hydrogen (secondary N) is 1. The van der Waals surface area contributed by atoms with E-state index in [2.05, 4.69) is 10.3 Å². The van der Waals surface area contributed by atoms with Crippen LogP contribution < -0.4 is 5.32 Å². The SMILES string of the molecule is Cc1oc(-c2ccccc2)nc1CC(=O)NC(C)CO. The topological polar surface area (TPSA) is 75.4 Å². The molecule has 1 heterocycles. The van der Waals surface area contributed by atoms with Gasteiger partial charge in [-0.05, 0) is 26.0 Å². The molecule has 1 aromatic carbocycles. The smallest absolute Gasteiger partial charge is 0.226 e. The first-order valence-electron chi connectivity index (χ1n) is 6.52. The number of carbonyl (C=O) groups is 1. The first-order valence-corrected chi connectivity index (χ1v) is 6.52. The zero-order chi connectivity index (χ0) is 14.5. The maximum atomic E-state index is 11.8. The molecule has 106 valence electrons. The Bertz CT molecular complexity index is 578. The van der Waals surface area contributed by atoms with Crippen LogP contribution in [0.2, 0.25) is 0 Å². The summed E-state index contributed by atoms with van der Waals surface area (Å²) in [4.78, 5) is 16.1. The molecule has 0 fully saturated rings. The molecule has 1 aromatic heterocycles. The van der Waals surface area contributed by atoms with Crippen molar-refractivity contribution in [1.82, 2.24) is 10.3 Å². The quantitative estimate of drug-likeness (QED) is 0.870. The Balaban J connectivity index is 2.10. The molecule has 0 radical (unpaired) electrons. The fourth-order valence-corrected chi connectivity index (χ4v) is 1.82. The van der Waals surface area contributed by atoms with Crippen molar-refractivity contribution in [3.05, 3.63) is 41.8 Å². The lowest BCUT2D eigenvalue weighted by Gasteiger charge is -2.09. The highest BCUT2D eigenvalue weighted by molar-refractivity contribution is 5.78. The van der Waals surface area contributed by atoms with Gasteiger partial charge in [0.15, 0.2) is 0 Å². The van der Waals surface area contributed by atoms with Crippen molar-refractivity contribution in [1.29, 1.82) is 0 Å². The molecule has 0 spiro atoms. The number of nitrogens with zero attached hydrogens (tertiary/aromatic N) is 1. The largest absolute Gasteiger partial charge is 0.441 e. The molecule has 5 heteroatoms. The van der Waals surface area contributed by atoms with E-state index in [0.717, 1.165) is 5.56 Å². The first kappa shape index (κ1) is 14.3. The second-order valence-electron chi connectivity index (χ2n) is 4.72. The number of hydrogen-bond donors (Lipinski definition) is 2. The minimum atomic E-state index is -0.261. The lowest BCUT2D eigenvalue weighted by Crippen LogP contribution is -2.36. The molecule has 2 rings (SSSR count). The van der Waals surface area contributed by atoms with Crippen LogP contribution in [0.3, 0.4) is 0 Å². The lowest BCUT2D eigenvalue weighted by atomic mass is 10.2. The van der Waals surface area contributed by atoms with Gasteiger partial charge in [0.05, 0.1) is 18.7 Å². The van der Waals surface area contributed by atoms with E-state index < -0.39 is 0 Å². The van der Waals surface area contributed by atoms with Gasteiger partial charge >= 0.3 is 0 Å². The van der Waals surface area contributed by atoms with Gasteiger partial charge in [0.2, 0.25) is 11.8 Å². The summed E-state index contributed by atoms with van der Waals surface area (Å²) in [5, 5.41) is 11.6. The summed E-state index contributed by atoms with van der Waals surface area (Å²) >= 11 is 0. The second kappa shape index (κ2) is 6.34. The van der Waals surface area contributed by atoms with Gasteiger partial charge in [-0.25, -0.2) is 4.98 Å². The van der Waals surface area contributed by atoms with Gasteiger partial charge < -0.3 is 14.8 Å². The predicted octanol–water partition coefficient (Wildman–Crippen LogP) is 1.69. The summed E-state index contributed by atoms with van der Waals surface area (Å²) in [5.74, 6) is 0.972. The van der Waals surface area contributed by atoms with Crippen LogP contribution in [0.25, 0.3) is 11.5 Å². The Morgan fingerprint density at radius 2 is 2.10 bits per heavy atom. The van der Waals surface area contributed by atoms with Crippen LogP contribution in [0.1, 0.15) is 18.4 Å². The highest BCUT2D eigenvalue weighted by atomic mass is 16.4. The summed E-state index contributed by atoms with van der Waals surface area (Å²) in [6.45, 7) is 3.44. The van der Waals surface area contributed by atoms with E-state index >= 15 is 0 Å². The zero-order valence-electron chi connectivity index (χ0n) is 11.6. The maximum Gasteiger partial charge on any atom is 0.226 e. The molecule has 0 bridgehead atoms. The summed E-state index contributed by atoms with van der Waals surface area (Å²) in [6.07, 6.45) is 0.145. The summed E-state index contributed by atoms with van der Waals surface area (Å²) in [5.41, 5.74) is 1.50. The molecule has 1 atom stereocenters. The molecular formula is C15H18N2O3. The lowest BCUT2D eigenvalue weighted by molar-refractivity contribution is -0.121. The van der Waals surface area contributed by atoms with Gasteiger partial charge in [-0.1, -0.05) is 18.2 Å². The number of aryl methyl sites for hydroxylation is 1. The van der Waals surface area contributed by atoms with Crippen LogP contribution in [0.4, 0.5) is 0 Å². The molecule has 1 unspecified atom stereocenters. The third-order valence-corrected chi connectivity index (χ3v) is 2.92. The highest BCUT2D eigenvalue weighted by Crippen LogP contribution is 2.21. The number of aliphatic hydroxyl groups excluding tert-OH is 1. The predicted molar refractivity (Wildman–Crippen MR) is 75.1 cm³/mol. The molecule has 5 nitrogen and oxygen atoms in total. The van der Waals surface area contributed by atoms with Crippen LogP contribution >= 0.6 is 0 Å². The van der Waals surface area contributed by atoms with Crippen LogP contribution in [0, 0.1) is 6.92 Å². The fourth-order valence-electron chi connectivity index (χ4n) is 1.82. The van der Waals surface area contributed by atoms with E-state index in [0.29, 0.717) is 17.3 Å². The van der Waals surface area contributed by atoms with Gasteiger partial charge in [-0.15, -0.1) is 0 Å². The van der Waals surface area contributed by atoms with Crippen LogP contribution in [0.5, 0.6) is 0 Å². The third kappa shape index (κ3) is 3.45. The molecular weight excluding hydrogens is 256 g/mol. The van der Waals surface area contributed by atoms with E-state index in [9.17, 15) is 4.79 Å². The Morgan fingerprint density at radius 1 is 1.40 bits per heavy atom. The highest BCUT2D eigenvalue weighted by Gasteiger charge is 2.15. The van der Waals surface area contributed by atoms with Crippen LogP contribution in [-0.2, 0) is 11.2 Å². The molecule has 0 aliphatic rings. The first-order chi connectivity index (χ1) is 9.60. The number of benzene rings is 1.